The van der Waals surface area contributed by atoms with Crippen molar-refractivity contribution in [3.63, 3.8) is 0 Å². The van der Waals surface area contributed by atoms with Crippen LogP contribution in [0.4, 0.5) is 0 Å². The van der Waals surface area contributed by atoms with Gasteiger partial charge in [0.05, 0.1) is 22.3 Å². The Balaban J connectivity index is 1.10. The highest BCUT2D eigenvalue weighted by atomic mass is 16.3. The Bertz CT molecular complexity index is 2950. The largest absolute Gasteiger partial charge is 0.455 e. The first-order valence-corrected chi connectivity index (χ1v) is 21.6. The zero-order chi connectivity index (χ0) is 41.0. The highest BCUT2D eigenvalue weighted by Gasteiger charge is 2.26. The van der Waals surface area contributed by atoms with E-state index in [0.717, 1.165) is 86.7 Å². The summed E-state index contributed by atoms with van der Waals surface area (Å²) in [5.41, 5.74) is 16.7. The highest BCUT2D eigenvalue weighted by Crippen LogP contribution is 2.43. The molecule has 0 amide bonds. The lowest BCUT2D eigenvalue weighted by Gasteiger charge is -2.24. The molecule has 9 aromatic rings. The summed E-state index contributed by atoms with van der Waals surface area (Å²) in [7, 11) is 0. The second-order valence-electron chi connectivity index (χ2n) is 17.1. The summed E-state index contributed by atoms with van der Waals surface area (Å²) in [5.74, 6) is 0.906. The molecule has 2 heterocycles. The summed E-state index contributed by atoms with van der Waals surface area (Å²) in [6.45, 7) is 9.21. The number of imidazole rings is 1. The van der Waals surface area contributed by atoms with Gasteiger partial charge in [0.25, 0.3) is 0 Å². The molecule has 3 nitrogen and oxygen atoms in total. The molecule has 3 heteroatoms. The summed E-state index contributed by atoms with van der Waals surface area (Å²) >= 11 is 0. The maximum Gasteiger partial charge on any atom is 0.149 e. The molecule has 10 rings (SSSR count). The van der Waals surface area contributed by atoms with Crippen molar-refractivity contribution in [3.05, 3.63) is 168 Å². The molecule has 0 atom stereocenters. The van der Waals surface area contributed by atoms with Crippen LogP contribution in [0, 0.1) is 0 Å². The fourth-order valence-electron chi connectivity index (χ4n) is 9.40. The van der Waals surface area contributed by atoms with Gasteiger partial charge in [0.15, 0.2) is 0 Å². The van der Waals surface area contributed by atoms with Crippen molar-refractivity contribution >= 4 is 33.0 Å². The number of rotatable bonds is 8. The zero-order valence-electron chi connectivity index (χ0n) is 35.6. The number of para-hydroxylation sites is 3. The van der Waals surface area contributed by atoms with Gasteiger partial charge in [-0.05, 0) is 123 Å². The number of hydrogen-bond acceptors (Lipinski definition) is 2. The van der Waals surface area contributed by atoms with Crippen molar-refractivity contribution in [1.82, 2.24) is 9.55 Å². The molecule has 0 aliphatic heterocycles. The van der Waals surface area contributed by atoms with Gasteiger partial charge in [-0.25, -0.2) is 4.98 Å². The molecule has 2 aromatic heterocycles. The minimum Gasteiger partial charge on any atom is -0.455 e. The normalized spacial score (nSPS) is 14.7. The number of nitrogens with zero attached hydrogens (tertiary/aromatic N) is 2. The van der Waals surface area contributed by atoms with Gasteiger partial charge in [0, 0.05) is 12.1 Å². The van der Waals surface area contributed by atoms with Crippen molar-refractivity contribution in [2.75, 3.05) is 0 Å². The maximum absolute atomic E-state index is 9.26. The van der Waals surface area contributed by atoms with E-state index in [1.807, 2.05) is 0 Å². The lowest BCUT2D eigenvalue weighted by molar-refractivity contribution is 0.592. The molecule has 0 bridgehead atoms. The number of aromatic nitrogens is 2. The van der Waals surface area contributed by atoms with E-state index in [9.17, 15) is 1.37 Å². The average molecular weight is 770 g/mol. The van der Waals surface area contributed by atoms with Gasteiger partial charge in [-0.15, -0.1) is 0 Å². The molecule has 1 fully saturated rings. The Labute approximate surface area is 349 Å². The Morgan fingerprint density at radius 3 is 1.85 bits per heavy atom. The van der Waals surface area contributed by atoms with Crippen LogP contribution in [0.1, 0.15) is 102 Å². The summed E-state index contributed by atoms with van der Waals surface area (Å²) in [6, 6.07) is 54.7. The van der Waals surface area contributed by atoms with Crippen molar-refractivity contribution in [3.8, 4) is 50.5 Å². The van der Waals surface area contributed by atoms with Crippen LogP contribution in [0.3, 0.4) is 0 Å². The first kappa shape index (κ1) is 35.9. The van der Waals surface area contributed by atoms with Crippen LogP contribution in [0.25, 0.3) is 83.4 Å². The fourth-order valence-corrected chi connectivity index (χ4v) is 9.40. The summed E-state index contributed by atoms with van der Waals surface area (Å²) < 4.78 is 18.6. The van der Waals surface area contributed by atoms with E-state index >= 15 is 0 Å². The van der Waals surface area contributed by atoms with Gasteiger partial charge < -0.3 is 4.42 Å². The van der Waals surface area contributed by atoms with Gasteiger partial charge in [-0.1, -0.05) is 163 Å². The molecule has 1 aliphatic carbocycles. The molecule has 0 unspecified atom stereocenters. The van der Waals surface area contributed by atoms with Crippen LogP contribution in [0.5, 0.6) is 0 Å². The second-order valence-corrected chi connectivity index (χ2v) is 17.1. The van der Waals surface area contributed by atoms with Crippen LogP contribution < -0.4 is 0 Å². The van der Waals surface area contributed by atoms with Crippen molar-refractivity contribution in [2.24, 2.45) is 0 Å². The molecule has 0 radical (unpaired) electrons. The summed E-state index contributed by atoms with van der Waals surface area (Å²) in [6.07, 6.45) is 6.66. The Kier molecular flexibility index (Phi) is 9.46. The van der Waals surface area contributed by atoms with E-state index in [-0.39, 0.29) is 11.8 Å². The fraction of sp³-hybridized carbons (Fsp3) is 0.232. The number of fused-ring (bicyclic) bond motifs is 4. The van der Waals surface area contributed by atoms with E-state index in [1.54, 1.807) is 0 Å². The number of hydrogen-bond donors (Lipinski definition) is 0. The number of furan rings is 1. The van der Waals surface area contributed by atoms with E-state index in [4.69, 9.17) is 9.40 Å². The molecular formula is C56H52N2O. The lowest BCUT2D eigenvalue weighted by Crippen LogP contribution is -2.09. The zero-order valence-corrected chi connectivity index (χ0v) is 34.6. The molecule has 1 aliphatic rings. The quantitative estimate of drug-likeness (QED) is 0.144. The second kappa shape index (κ2) is 15.5. The van der Waals surface area contributed by atoms with E-state index in [0.29, 0.717) is 0 Å². The maximum atomic E-state index is 9.26. The van der Waals surface area contributed by atoms with Gasteiger partial charge in [0.1, 0.15) is 17.0 Å². The van der Waals surface area contributed by atoms with Gasteiger partial charge in [-0.2, -0.15) is 0 Å². The Morgan fingerprint density at radius 1 is 0.559 bits per heavy atom. The molecule has 0 N–H and O–H groups in total. The third kappa shape index (κ3) is 6.87. The van der Waals surface area contributed by atoms with E-state index in [1.165, 1.54) is 51.9 Å². The van der Waals surface area contributed by atoms with Crippen LogP contribution in [0.15, 0.2) is 156 Å². The number of benzene rings is 7. The minimum atomic E-state index is -0.479. The van der Waals surface area contributed by atoms with Crippen LogP contribution in [0.2, 0.25) is 0 Å². The molecule has 0 spiro atoms. The van der Waals surface area contributed by atoms with Gasteiger partial charge in [0.2, 0.25) is 0 Å². The van der Waals surface area contributed by atoms with Crippen molar-refractivity contribution < 1.29 is 5.79 Å². The first-order chi connectivity index (χ1) is 29.3. The highest BCUT2D eigenvalue weighted by molar-refractivity contribution is 6.10. The molecule has 292 valence electrons. The van der Waals surface area contributed by atoms with Gasteiger partial charge in [-0.3, -0.25) is 4.57 Å². The molecule has 0 saturated heterocycles. The SMILES string of the molecule is [2H]C1(c2ccc(-c3ccc4c(c3)oc3c(-c5nc6ccccc6n5-c5c(C(C)C)cc(-c6ccc(-c7ccccc7)cc6)cc5C(C)C)cccc34)cc2)CCCCCC1. The lowest BCUT2D eigenvalue weighted by atomic mass is 9.87. The molecule has 7 aromatic carbocycles. The van der Waals surface area contributed by atoms with Crippen LogP contribution >= 0.6 is 0 Å². The molecule has 1 saturated carbocycles. The van der Waals surface area contributed by atoms with Crippen LogP contribution in [-0.2, 0) is 0 Å². The van der Waals surface area contributed by atoms with Crippen LogP contribution in [-0.4, -0.2) is 9.55 Å². The first-order valence-electron chi connectivity index (χ1n) is 22.1. The van der Waals surface area contributed by atoms with Gasteiger partial charge >= 0.3 is 0 Å². The Hall–Kier alpha value is -6.19. The van der Waals surface area contributed by atoms with Crippen molar-refractivity contribution in [2.45, 2.75) is 83.9 Å². The van der Waals surface area contributed by atoms with E-state index in [2.05, 4.69) is 184 Å². The summed E-state index contributed by atoms with van der Waals surface area (Å²) in [5, 5.41) is 2.17. The standard InChI is InChI=1S/C56H52N2O/c1-36(2)49-33-45(43-29-25-41(26-30-43)39-17-10-7-11-18-39)34-50(37(3)4)54(49)58-52-22-13-12-21-51(52)57-56(58)48-20-14-19-47-46-32-31-44(35-53(46)59-55(47)48)42-27-23-40(24-28-42)38-15-8-5-6-9-16-38/h7,10-14,17-38H,5-6,8-9,15-16H2,1-4H3/i38D. The monoisotopic (exact) mass is 769 g/mol. The van der Waals surface area contributed by atoms with Crippen molar-refractivity contribution in [1.29, 1.82) is 0 Å². The predicted octanol–water partition coefficient (Wildman–Crippen LogP) is 16.3. The molecule has 59 heavy (non-hydrogen) atoms. The minimum absolute atomic E-state index is 0.253. The molecular weight excluding hydrogens is 717 g/mol. The smallest absolute Gasteiger partial charge is 0.149 e. The average Bonchev–Trinajstić information content (AvgIpc) is 3.77. The van der Waals surface area contributed by atoms with E-state index < -0.39 is 5.89 Å². The Morgan fingerprint density at radius 2 is 1.15 bits per heavy atom. The third-order valence-corrected chi connectivity index (χ3v) is 12.6. The topological polar surface area (TPSA) is 31.0 Å². The predicted molar refractivity (Wildman–Crippen MR) is 249 cm³/mol. The summed E-state index contributed by atoms with van der Waals surface area (Å²) in [4.78, 5) is 5.41. The third-order valence-electron chi connectivity index (χ3n) is 12.6.